The molecule has 3 rings (SSSR count). The van der Waals surface area contributed by atoms with Crippen molar-refractivity contribution in [1.82, 2.24) is 5.32 Å². The van der Waals surface area contributed by atoms with Gasteiger partial charge in [-0.05, 0) is 67.1 Å². The number of carbonyl (C=O) groups excluding carboxylic acids is 1. The predicted molar refractivity (Wildman–Crippen MR) is 106 cm³/mol. The second-order valence-corrected chi connectivity index (χ2v) is 7.20. The number of methoxy groups -OCH3 is 1. The van der Waals surface area contributed by atoms with E-state index in [2.05, 4.69) is 42.3 Å². The Hall–Kier alpha value is -2.49. The summed E-state index contributed by atoms with van der Waals surface area (Å²) in [6.07, 6.45) is 1.54. The third-order valence-corrected chi connectivity index (χ3v) is 5.25. The second-order valence-electron chi connectivity index (χ2n) is 7.20. The van der Waals surface area contributed by atoms with Crippen LogP contribution < -0.4 is 15.0 Å². The molecule has 0 bridgehead atoms. The fourth-order valence-electron chi connectivity index (χ4n) is 3.41. The Labute approximate surface area is 156 Å². The van der Waals surface area contributed by atoms with Gasteiger partial charge in [0.25, 0.3) is 0 Å². The molecule has 1 heterocycles. The van der Waals surface area contributed by atoms with Crippen LogP contribution in [-0.4, -0.2) is 32.7 Å². The summed E-state index contributed by atoms with van der Waals surface area (Å²) in [5, 5.41) is 3.10. The van der Waals surface area contributed by atoms with Gasteiger partial charge in [-0.25, -0.2) is 0 Å². The number of carbonyl (C=O) groups is 1. The molecule has 1 unspecified atom stereocenters. The van der Waals surface area contributed by atoms with Gasteiger partial charge in [0.15, 0.2) is 0 Å². The minimum atomic E-state index is 0.0831. The first-order valence-corrected chi connectivity index (χ1v) is 9.27. The van der Waals surface area contributed by atoms with Gasteiger partial charge >= 0.3 is 0 Å². The molecule has 1 atom stereocenters. The topological polar surface area (TPSA) is 41.6 Å². The average Bonchev–Trinajstić information content (AvgIpc) is 3.12. The Bertz CT molecular complexity index is 755. The molecule has 4 heteroatoms. The molecule has 26 heavy (non-hydrogen) atoms. The molecule has 1 amide bonds. The van der Waals surface area contributed by atoms with Crippen molar-refractivity contribution in [3.63, 3.8) is 0 Å². The van der Waals surface area contributed by atoms with E-state index in [-0.39, 0.29) is 5.91 Å². The van der Waals surface area contributed by atoms with Crippen molar-refractivity contribution in [3.05, 3.63) is 59.2 Å². The number of benzene rings is 2. The molecule has 0 aliphatic carbocycles. The largest absolute Gasteiger partial charge is 0.497 e. The quantitative estimate of drug-likeness (QED) is 0.865. The van der Waals surface area contributed by atoms with E-state index in [9.17, 15) is 4.79 Å². The van der Waals surface area contributed by atoms with E-state index in [1.807, 2.05) is 24.3 Å². The van der Waals surface area contributed by atoms with Crippen molar-refractivity contribution in [2.45, 2.75) is 26.7 Å². The molecule has 2 aromatic carbocycles. The highest BCUT2D eigenvalue weighted by molar-refractivity contribution is 5.78. The summed E-state index contributed by atoms with van der Waals surface area (Å²) in [4.78, 5) is 14.6. The Morgan fingerprint density at radius 1 is 1.15 bits per heavy atom. The number of hydrogen-bond acceptors (Lipinski definition) is 3. The van der Waals surface area contributed by atoms with Gasteiger partial charge in [-0.3, -0.25) is 4.79 Å². The molecule has 0 aromatic heterocycles. The van der Waals surface area contributed by atoms with Crippen molar-refractivity contribution < 1.29 is 9.53 Å². The highest BCUT2D eigenvalue weighted by Gasteiger charge is 2.23. The lowest BCUT2D eigenvalue weighted by atomic mass is 10.1. The smallest absolute Gasteiger partial charge is 0.224 e. The number of anilines is 1. The lowest BCUT2D eigenvalue weighted by molar-refractivity contribution is -0.120. The summed E-state index contributed by atoms with van der Waals surface area (Å²) in [5.74, 6) is 1.41. The number of amides is 1. The normalized spacial score (nSPS) is 16.6. The van der Waals surface area contributed by atoms with Crippen molar-refractivity contribution in [3.8, 4) is 5.75 Å². The van der Waals surface area contributed by atoms with E-state index >= 15 is 0 Å². The number of nitrogens with zero attached hydrogens (tertiary/aromatic N) is 1. The number of rotatable bonds is 6. The fourth-order valence-corrected chi connectivity index (χ4v) is 3.41. The average molecular weight is 352 g/mol. The van der Waals surface area contributed by atoms with Gasteiger partial charge in [0, 0.05) is 25.3 Å². The monoisotopic (exact) mass is 352 g/mol. The lowest BCUT2D eigenvalue weighted by Crippen LogP contribution is -2.32. The first-order chi connectivity index (χ1) is 12.5. The van der Waals surface area contributed by atoms with E-state index in [1.165, 1.54) is 16.8 Å². The van der Waals surface area contributed by atoms with Crippen LogP contribution in [0.25, 0.3) is 0 Å². The summed E-state index contributed by atoms with van der Waals surface area (Å²) < 4.78 is 5.14. The molecule has 1 aliphatic heterocycles. The van der Waals surface area contributed by atoms with Crippen molar-refractivity contribution in [1.29, 1.82) is 0 Å². The Morgan fingerprint density at radius 2 is 1.92 bits per heavy atom. The van der Waals surface area contributed by atoms with Crippen LogP contribution in [0.3, 0.4) is 0 Å². The van der Waals surface area contributed by atoms with Gasteiger partial charge in [0.1, 0.15) is 5.75 Å². The minimum absolute atomic E-state index is 0.0831. The number of ether oxygens (including phenoxy) is 1. The number of hydrogen-bond donors (Lipinski definition) is 1. The molecular weight excluding hydrogens is 324 g/mol. The Morgan fingerprint density at radius 3 is 2.62 bits per heavy atom. The summed E-state index contributed by atoms with van der Waals surface area (Å²) in [5.41, 5.74) is 4.96. The maximum absolute atomic E-state index is 12.2. The first-order valence-electron chi connectivity index (χ1n) is 9.27. The second kappa shape index (κ2) is 8.26. The van der Waals surface area contributed by atoms with Gasteiger partial charge in [-0.15, -0.1) is 0 Å². The molecule has 138 valence electrons. The van der Waals surface area contributed by atoms with E-state index in [0.29, 0.717) is 12.3 Å². The van der Waals surface area contributed by atoms with Crippen LogP contribution in [-0.2, 0) is 11.2 Å². The standard InChI is InChI=1S/C22H28N2O2/c1-16-4-7-20(12-17(16)2)24-11-10-19(15-24)14-23-22(25)13-18-5-8-21(26-3)9-6-18/h4-9,12,19H,10-11,13-15H2,1-3H3,(H,23,25). The van der Waals surface area contributed by atoms with E-state index in [0.717, 1.165) is 37.4 Å². The Kier molecular flexibility index (Phi) is 5.82. The third kappa shape index (κ3) is 4.57. The lowest BCUT2D eigenvalue weighted by Gasteiger charge is -2.20. The van der Waals surface area contributed by atoms with Crippen molar-refractivity contribution in [2.75, 3.05) is 31.6 Å². The molecule has 1 fully saturated rings. The SMILES string of the molecule is COc1ccc(CC(=O)NCC2CCN(c3ccc(C)c(C)c3)C2)cc1. The maximum atomic E-state index is 12.2. The molecule has 4 nitrogen and oxygen atoms in total. The van der Waals surface area contributed by atoms with Crippen LogP contribution >= 0.6 is 0 Å². The van der Waals surface area contributed by atoms with Gasteiger partial charge in [0.2, 0.25) is 5.91 Å². The van der Waals surface area contributed by atoms with E-state index < -0.39 is 0 Å². The summed E-state index contributed by atoms with van der Waals surface area (Å²) in [7, 11) is 1.64. The van der Waals surface area contributed by atoms with E-state index in [1.54, 1.807) is 7.11 Å². The van der Waals surface area contributed by atoms with Crippen LogP contribution in [0.1, 0.15) is 23.1 Å². The molecular formula is C22H28N2O2. The zero-order chi connectivity index (χ0) is 18.5. The number of aryl methyl sites for hydroxylation is 2. The van der Waals surface area contributed by atoms with Crippen LogP contribution in [0.5, 0.6) is 5.75 Å². The minimum Gasteiger partial charge on any atom is -0.497 e. The van der Waals surface area contributed by atoms with Crippen LogP contribution in [0.15, 0.2) is 42.5 Å². The molecule has 0 spiro atoms. The molecule has 1 saturated heterocycles. The Balaban J connectivity index is 1.46. The van der Waals surface area contributed by atoms with Crippen LogP contribution in [0, 0.1) is 19.8 Å². The molecule has 1 aliphatic rings. The zero-order valence-electron chi connectivity index (χ0n) is 15.9. The zero-order valence-corrected chi connectivity index (χ0v) is 15.9. The van der Waals surface area contributed by atoms with Gasteiger partial charge in [-0.1, -0.05) is 18.2 Å². The van der Waals surface area contributed by atoms with Gasteiger partial charge in [0.05, 0.1) is 13.5 Å². The fraction of sp³-hybridized carbons (Fsp3) is 0.409. The van der Waals surface area contributed by atoms with Crippen LogP contribution in [0.2, 0.25) is 0 Å². The van der Waals surface area contributed by atoms with Gasteiger partial charge < -0.3 is 15.0 Å². The molecule has 2 aromatic rings. The number of nitrogens with one attached hydrogen (secondary N) is 1. The highest BCUT2D eigenvalue weighted by atomic mass is 16.5. The van der Waals surface area contributed by atoms with Crippen LogP contribution in [0.4, 0.5) is 5.69 Å². The predicted octanol–water partition coefficient (Wildman–Crippen LogP) is 3.50. The third-order valence-electron chi connectivity index (χ3n) is 5.25. The highest BCUT2D eigenvalue weighted by Crippen LogP contribution is 2.25. The molecule has 1 N–H and O–H groups in total. The van der Waals surface area contributed by atoms with Gasteiger partial charge in [-0.2, -0.15) is 0 Å². The molecule has 0 saturated carbocycles. The van der Waals surface area contributed by atoms with Crippen molar-refractivity contribution in [2.24, 2.45) is 5.92 Å². The molecule has 0 radical (unpaired) electrons. The summed E-state index contributed by atoms with van der Waals surface area (Å²) in [6, 6.07) is 14.3. The van der Waals surface area contributed by atoms with Crippen molar-refractivity contribution >= 4 is 11.6 Å². The first kappa shape index (κ1) is 18.3. The van der Waals surface area contributed by atoms with E-state index in [4.69, 9.17) is 4.74 Å². The summed E-state index contributed by atoms with van der Waals surface area (Å²) in [6.45, 7) is 7.11. The maximum Gasteiger partial charge on any atom is 0.224 e. The summed E-state index contributed by atoms with van der Waals surface area (Å²) >= 11 is 0.